The predicted octanol–water partition coefficient (Wildman–Crippen LogP) is 3.08. The van der Waals surface area contributed by atoms with Crippen LogP contribution in [0.4, 0.5) is 0 Å². The molecule has 7 nitrogen and oxygen atoms in total. The molecule has 0 fully saturated rings. The molecule has 28 heavy (non-hydrogen) atoms. The van der Waals surface area contributed by atoms with Crippen molar-refractivity contribution in [3.05, 3.63) is 61.3 Å². The molecule has 8 heteroatoms. The van der Waals surface area contributed by atoms with Crippen molar-refractivity contribution >= 4 is 15.9 Å². The van der Waals surface area contributed by atoms with E-state index in [9.17, 15) is 10.1 Å². The molecule has 1 aliphatic rings. The average Bonchev–Trinajstić information content (AvgIpc) is 2.66. The van der Waals surface area contributed by atoms with E-state index in [1.54, 1.807) is 32.2 Å². The first-order valence-corrected chi connectivity index (χ1v) is 9.41. The number of allylic oxidation sites excluding steroid dienone is 1. The Morgan fingerprint density at radius 2 is 2.11 bits per heavy atom. The van der Waals surface area contributed by atoms with Gasteiger partial charge in [-0.05, 0) is 47.5 Å². The standard InChI is InChI=1S/C20H20BrN3O4/c1-5-27-18-13(21)7-11(8-15(18)26-4)16-12(9-22)19(23)28-14-6-10(2)24(3)20(25)17(14)16/h6-8,16H,5,23H2,1-4H3/t16-/m1/s1. The van der Waals surface area contributed by atoms with Crippen LogP contribution < -0.4 is 25.5 Å². The summed E-state index contributed by atoms with van der Waals surface area (Å²) in [6.45, 7) is 4.14. The Hall–Kier alpha value is -2.92. The summed E-state index contributed by atoms with van der Waals surface area (Å²) in [5, 5.41) is 9.72. The number of aryl methyl sites for hydroxylation is 1. The first-order chi connectivity index (χ1) is 13.3. The minimum atomic E-state index is -0.686. The van der Waals surface area contributed by atoms with Crippen molar-refractivity contribution < 1.29 is 14.2 Å². The SMILES string of the molecule is CCOc1c(Br)cc([C@@H]2C(C#N)=C(N)Oc3cc(C)n(C)c(=O)c32)cc1OC. The summed E-state index contributed by atoms with van der Waals surface area (Å²) in [5.41, 5.74) is 7.69. The number of rotatable bonds is 4. The van der Waals surface area contributed by atoms with E-state index in [4.69, 9.17) is 19.9 Å². The normalized spacial score (nSPS) is 15.5. The molecule has 2 heterocycles. The summed E-state index contributed by atoms with van der Waals surface area (Å²) in [5.74, 6) is 0.684. The summed E-state index contributed by atoms with van der Waals surface area (Å²) in [4.78, 5) is 13.0. The van der Waals surface area contributed by atoms with Crippen molar-refractivity contribution in [2.45, 2.75) is 19.8 Å². The molecule has 3 rings (SSSR count). The zero-order valence-corrected chi connectivity index (χ0v) is 17.6. The van der Waals surface area contributed by atoms with E-state index in [1.165, 1.54) is 11.7 Å². The van der Waals surface area contributed by atoms with E-state index in [2.05, 4.69) is 22.0 Å². The number of aromatic nitrogens is 1. The number of benzene rings is 1. The largest absolute Gasteiger partial charge is 0.493 e. The van der Waals surface area contributed by atoms with Crippen molar-refractivity contribution in [1.29, 1.82) is 5.26 Å². The van der Waals surface area contributed by atoms with Crippen molar-refractivity contribution in [2.75, 3.05) is 13.7 Å². The Balaban J connectivity index is 2.33. The van der Waals surface area contributed by atoms with Crippen molar-refractivity contribution in [3.8, 4) is 23.3 Å². The van der Waals surface area contributed by atoms with Gasteiger partial charge in [-0.25, -0.2) is 0 Å². The third-order valence-electron chi connectivity index (χ3n) is 4.73. The van der Waals surface area contributed by atoms with Gasteiger partial charge in [0, 0.05) is 18.8 Å². The molecule has 1 atom stereocenters. The maximum Gasteiger partial charge on any atom is 0.258 e. The minimum absolute atomic E-state index is 0.0170. The molecule has 0 spiro atoms. The average molecular weight is 446 g/mol. The van der Waals surface area contributed by atoms with Crippen molar-refractivity contribution in [1.82, 2.24) is 4.57 Å². The van der Waals surface area contributed by atoms with Gasteiger partial charge in [0.2, 0.25) is 5.88 Å². The van der Waals surface area contributed by atoms with Crippen LogP contribution in [0.25, 0.3) is 0 Å². The second kappa shape index (κ2) is 7.60. The summed E-state index contributed by atoms with van der Waals surface area (Å²) >= 11 is 3.50. The molecule has 0 radical (unpaired) electrons. The second-order valence-electron chi connectivity index (χ2n) is 6.32. The molecule has 0 saturated carbocycles. The number of methoxy groups -OCH3 is 1. The molecule has 0 amide bonds. The molecule has 1 aliphatic heterocycles. The molecule has 0 bridgehead atoms. The van der Waals surface area contributed by atoms with Gasteiger partial charge < -0.3 is 24.5 Å². The van der Waals surface area contributed by atoms with Crippen LogP contribution in [0, 0.1) is 18.3 Å². The van der Waals surface area contributed by atoms with Crippen LogP contribution in [0.1, 0.15) is 29.7 Å². The highest BCUT2D eigenvalue weighted by Gasteiger charge is 2.35. The lowest BCUT2D eigenvalue weighted by atomic mass is 9.84. The van der Waals surface area contributed by atoms with Crippen LogP contribution in [-0.2, 0) is 7.05 Å². The van der Waals surface area contributed by atoms with Crippen molar-refractivity contribution in [3.63, 3.8) is 0 Å². The molecule has 0 saturated heterocycles. The summed E-state index contributed by atoms with van der Waals surface area (Å²) < 4.78 is 18.9. The van der Waals surface area contributed by atoms with E-state index in [0.29, 0.717) is 39.5 Å². The highest BCUT2D eigenvalue weighted by molar-refractivity contribution is 9.10. The van der Waals surface area contributed by atoms with Gasteiger partial charge in [0.25, 0.3) is 5.56 Å². The number of nitriles is 1. The predicted molar refractivity (Wildman–Crippen MR) is 108 cm³/mol. The smallest absolute Gasteiger partial charge is 0.258 e. The van der Waals surface area contributed by atoms with E-state index in [-0.39, 0.29) is 17.0 Å². The van der Waals surface area contributed by atoms with Crippen LogP contribution in [0.3, 0.4) is 0 Å². The maximum atomic E-state index is 13.0. The molecule has 0 aliphatic carbocycles. The fourth-order valence-electron chi connectivity index (χ4n) is 3.26. The topological polar surface area (TPSA) is 99.5 Å². The van der Waals surface area contributed by atoms with Gasteiger partial charge in [-0.15, -0.1) is 0 Å². The van der Waals surface area contributed by atoms with Gasteiger partial charge in [-0.2, -0.15) is 5.26 Å². The molecular formula is C20H20BrN3O4. The molecule has 1 aromatic heterocycles. The van der Waals surface area contributed by atoms with Crippen LogP contribution in [0.5, 0.6) is 17.2 Å². The minimum Gasteiger partial charge on any atom is -0.493 e. The van der Waals surface area contributed by atoms with Crippen LogP contribution in [0.2, 0.25) is 0 Å². The summed E-state index contributed by atoms with van der Waals surface area (Å²) in [7, 11) is 3.21. The van der Waals surface area contributed by atoms with E-state index >= 15 is 0 Å². The number of pyridine rings is 1. The molecule has 0 unspecified atom stereocenters. The summed E-state index contributed by atoms with van der Waals surface area (Å²) in [6, 6.07) is 7.39. The maximum absolute atomic E-state index is 13.0. The van der Waals surface area contributed by atoms with Crippen molar-refractivity contribution in [2.24, 2.45) is 12.8 Å². The third-order valence-corrected chi connectivity index (χ3v) is 5.32. The van der Waals surface area contributed by atoms with Crippen LogP contribution >= 0.6 is 15.9 Å². The van der Waals surface area contributed by atoms with E-state index in [0.717, 1.165) is 5.69 Å². The van der Waals surface area contributed by atoms with Gasteiger partial charge in [0.1, 0.15) is 17.4 Å². The molecular weight excluding hydrogens is 426 g/mol. The summed E-state index contributed by atoms with van der Waals surface area (Å²) in [6.07, 6.45) is 0. The van der Waals surface area contributed by atoms with Gasteiger partial charge in [-0.3, -0.25) is 4.79 Å². The Morgan fingerprint density at radius 3 is 2.71 bits per heavy atom. The van der Waals surface area contributed by atoms with Gasteiger partial charge in [0.05, 0.1) is 29.7 Å². The number of ether oxygens (including phenoxy) is 3. The lowest BCUT2D eigenvalue weighted by molar-refractivity contribution is 0.308. The lowest BCUT2D eigenvalue weighted by Crippen LogP contribution is -2.31. The quantitative estimate of drug-likeness (QED) is 0.775. The number of halogens is 1. The fraction of sp³-hybridized carbons (Fsp3) is 0.300. The monoisotopic (exact) mass is 445 g/mol. The third kappa shape index (κ3) is 3.12. The number of nitrogens with zero attached hydrogens (tertiary/aromatic N) is 2. The van der Waals surface area contributed by atoms with Crippen LogP contribution in [0.15, 0.2) is 38.9 Å². The van der Waals surface area contributed by atoms with Gasteiger partial charge in [0.15, 0.2) is 11.5 Å². The highest BCUT2D eigenvalue weighted by Crippen LogP contribution is 2.45. The van der Waals surface area contributed by atoms with Gasteiger partial charge >= 0.3 is 0 Å². The zero-order chi connectivity index (χ0) is 20.6. The lowest BCUT2D eigenvalue weighted by Gasteiger charge is -2.27. The fourth-order valence-corrected chi connectivity index (χ4v) is 3.84. The Morgan fingerprint density at radius 1 is 1.39 bits per heavy atom. The number of nitrogens with two attached hydrogens (primary N) is 1. The molecule has 1 aromatic carbocycles. The second-order valence-corrected chi connectivity index (χ2v) is 7.17. The van der Waals surface area contributed by atoms with E-state index in [1.807, 2.05) is 6.92 Å². The molecule has 2 N–H and O–H groups in total. The first-order valence-electron chi connectivity index (χ1n) is 8.62. The number of fused-ring (bicyclic) bond motifs is 1. The Bertz CT molecular complexity index is 1080. The number of hydrogen-bond acceptors (Lipinski definition) is 6. The highest BCUT2D eigenvalue weighted by atomic mass is 79.9. The van der Waals surface area contributed by atoms with Gasteiger partial charge in [-0.1, -0.05) is 0 Å². The first kappa shape index (κ1) is 19.8. The van der Waals surface area contributed by atoms with Crippen LogP contribution in [-0.4, -0.2) is 18.3 Å². The Labute approximate surface area is 171 Å². The number of hydrogen-bond donors (Lipinski definition) is 1. The zero-order valence-electron chi connectivity index (χ0n) is 16.0. The van der Waals surface area contributed by atoms with E-state index < -0.39 is 5.92 Å². The molecule has 146 valence electrons. The molecule has 2 aromatic rings. The Kier molecular flexibility index (Phi) is 5.38.